The van der Waals surface area contributed by atoms with Crippen LogP contribution in [-0.2, 0) is 6.42 Å². The molecule has 94 valence electrons. The summed E-state index contributed by atoms with van der Waals surface area (Å²) in [6, 6.07) is 2.05. The van der Waals surface area contributed by atoms with E-state index in [1.165, 1.54) is 17.1 Å². The third-order valence-electron chi connectivity index (χ3n) is 2.67. The van der Waals surface area contributed by atoms with Crippen molar-refractivity contribution in [2.75, 3.05) is 17.6 Å². The molecule has 0 amide bonds. The van der Waals surface area contributed by atoms with Crippen LogP contribution in [0.4, 0.5) is 10.8 Å². The standard InChI is InChI=1S/C11H14N6S/c1-7-8(6-15-16-7)3-2-4-14-11-9(5-12)10(13)17-18-11/h6,14H,2-4H2,1H3,(H2,13,17)(H,15,16). The van der Waals surface area contributed by atoms with Gasteiger partial charge in [0.25, 0.3) is 0 Å². The fourth-order valence-electron chi connectivity index (χ4n) is 1.64. The molecule has 18 heavy (non-hydrogen) atoms. The molecule has 4 N–H and O–H groups in total. The molecule has 0 spiro atoms. The highest BCUT2D eigenvalue weighted by molar-refractivity contribution is 7.10. The Morgan fingerprint density at radius 1 is 1.61 bits per heavy atom. The van der Waals surface area contributed by atoms with Gasteiger partial charge in [0.1, 0.15) is 16.6 Å². The number of nitrogen functional groups attached to an aromatic ring is 1. The Morgan fingerprint density at radius 2 is 2.44 bits per heavy atom. The number of nitriles is 1. The molecule has 0 aliphatic carbocycles. The van der Waals surface area contributed by atoms with E-state index in [4.69, 9.17) is 11.0 Å². The minimum absolute atomic E-state index is 0.302. The van der Waals surface area contributed by atoms with Gasteiger partial charge in [0.15, 0.2) is 5.82 Å². The summed E-state index contributed by atoms with van der Waals surface area (Å²) in [6.45, 7) is 2.79. The number of aromatic amines is 1. The molecule has 0 aromatic carbocycles. The molecule has 0 saturated carbocycles. The van der Waals surface area contributed by atoms with E-state index in [9.17, 15) is 0 Å². The number of hydrogen-bond donors (Lipinski definition) is 3. The zero-order valence-corrected chi connectivity index (χ0v) is 10.8. The van der Waals surface area contributed by atoms with Crippen LogP contribution in [0, 0.1) is 18.3 Å². The Bertz CT molecular complexity index is 564. The number of nitrogens with two attached hydrogens (primary N) is 1. The van der Waals surface area contributed by atoms with Gasteiger partial charge >= 0.3 is 0 Å². The van der Waals surface area contributed by atoms with E-state index in [1.54, 1.807) is 0 Å². The lowest BCUT2D eigenvalue weighted by atomic mass is 10.1. The molecular formula is C11H14N6S. The summed E-state index contributed by atoms with van der Waals surface area (Å²) in [5, 5.41) is 19.7. The second-order valence-corrected chi connectivity index (χ2v) is 4.71. The molecule has 6 nitrogen and oxygen atoms in total. The zero-order valence-electron chi connectivity index (χ0n) is 10.0. The first kappa shape index (κ1) is 12.4. The predicted molar refractivity (Wildman–Crippen MR) is 71.4 cm³/mol. The molecule has 0 unspecified atom stereocenters. The molecule has 0 aliphatic rings. The number of hydrogen-bond acceptors (Lipinski definition) is 6. The SMILES string of the molecule is Cc1[nH]ncc1CCCNc1snc(N)c1C#N. The van der Waals surface area contributed by atoms with Crippen molar-refractivity contribution in [2.45, 2.75) is 19.8 Å². The van der Waals surface area contributed by atoms with Crippen LogP contribution >= 0.6 is 11.5 Å². The lowest BCUT2D eigenvalue weighted by Gasteiger charge is -2.03. The number of nitrogens with one attached hydrogen (secondary N) is 2. The molecule has 0 saturated heterocycles. The van der Waals surface area contributed by atoms with Crippen LogP contribution in [0.1, 0.15) is 23.2 Å². The van der Waals surface area contributed by atoms with Gasteiger partial charge in [0.05, 0.1) is 6.20 Å². The fourth-order valence-corrected chi connectivity index (χ4v) is 2.33. The first-order chi connectivity index (χ1) is 8.72. The Morgan fingerprint density at radius 3 is 3.11 bits per heavy atom. The fraction of sp³-hybridized carbons (Fsp3) is 0.364. The van der Waals surface area contributed by atoms with Crippen molar-refractivity contribution >= 4 is 22.4 Å². The average Bonchev–Trinajstić information content (AvgIpc) is 2.91. The number of rotatable bonds is 5. The molecule has 0 fully saturated rings. The van der Waals surface area contributed by atoms with Crippen molar-refractivity contribution in [1.82, 2.24) is 14.6 Å². The lowest BCUT2D eigenvalue weighted by Crippen LogP contribution is -2.03. The maximum Gasteiger partial charge on any atom is 0.157 e. The van der Waals surface area contributed by atoms with Gasteiger partial charge in [0.2, 0.25) is 0 Å². The Kier molecular flexibility index (Phi) is 3.79. The van der Waals surface area contributed by atoms with Gasteiger partial charge in [-0.25, -0.2) is 0 Å². The molecule has 0 bridgehead atoms. The van der Waals surface area contributed by atoms with Crippen LogP contribution in [0.3, 0.4) is 0 Å². The largest absolute Gasteiger partial charge is 0.382 e. The van der Waals surface area contributed by atoms with E-state index in [1.807, 2.05) is 13.1 Å². The van der Waals surface area contributed by atoms with E-state index < -0.39 is 0 Å². The average molecular weight is 262 g/mol. The molecular weight excluding hydrogens is 248 g/mol. The monoisotopic (exact) mass is 262 g/mol. The normalized spacial score (nSPS) is 10.2. The van der Waals surface area contributed by atoms with Crippen LogP contribution in [0.5, 0.6) is 0 Å². The highest BCUT2D eigenvalue weighted by Gasteiger charge is 2.09. The first-order valence-electron chi connectivity index (χ1n) is 5.60. The second kappa shape index (κ2) is 5.51. The summed E-state index contributed by atoms with van der Waals surface area (Å²) in [6.07, 6.45) is 3.76. The second-order valence-electron chi connectivity index (χ2n) is 3.93. The number of anilines is 2. The number of nitrogens with zero attached hydrogens (tertiary/aromatic N) is 3. The molecule has 7 heteroatoms. The minimum atomic E-state index is 0.302. The summed E-state index contributed by atoms with van der Waals surface area (Å²) in [5.41, 5.74) is 8.35. The van der Waals surface area contributed by atoms with Crippen LogP contribution in [-0.4, -0.2) is 21.1 Å². The molecule has 0 atom stereocenters. The molecule has 0 radical (unpaired) electrons. The van der Waals surface area contributed by atoms with E-state index in [0.717, 1.165) is 30.1 Å². The van der Waals surface area contributed by atoms with Gasteiger partial charge in [-0.15, -0.1) is 0 Å². The van der Waals surface area contributed by atoms with Crippen molar-refractivity contribution < 1.29 is 0 Å². The summed E-state index contributed by atoms with van der Waals surface area (Å²) in [5.74, 6) is 0.302. The molecule has 0 aliphatic heterocycles. The summed E-state index contributed by atoms with van der Waals surface area (Å²) in [7, 11) is 0. The Balaban J connectivity index is 1.82. The van der Waals surface area contributed by atoms with Crippen molar-refractivity contribution in [2.24, 2.45) is 0 Å². The van der Waals surface area contributed by atoms with Gasteiger partial charge in [-0.05, 0) is 36.9 Å². The summed E-state index contributed by atoms with van der Waals surface area (Å²) >= 11 is 1.22. The minimum Gasteiger partial charge on any atom is -0.382 e. The molecule has 2 aromatic rings. The van der Waals surface area contributed by atoms with Crippen LogP contribution in [0.15, 0.2) is 6.20 Å². The van der Waals surface area contributed by atoms with Crippen LogP contribution in [0.2, 0.25) is 0 Å². The van der Waals surface area contributed by atoms with Gasteiger partial charge in [0, 0.05) is 12.2 Å². The topological polar surface area (TPSA) is 103 Å². The van der Waals surface area contributed by atoms with Crippen molar-refractivity contribution in [3.63, 3.8) is 0 Å². The molecule has 2 rings (SSSR count). The van der Waals surface area contributed by atoms with Crippen molar-refractivity contribution in [1.29, 1.82) is 5.26 Å². The molecule has 2 aromatic heterocycles. The Labute approximate surface area is 109 Å². The summed E-state index contributed by atoms with van der Waals surface area (Å²) in [4.78, 5) is 0. The van der Waals surface area contributed by atoms with Gasteiger partial charge in [-0.2, -0.15) is 14.7 Å². The number of H-pyrrole nitrogens is 1. The van der Waals surface area contributed by atoms with E-state index in [-0.39, 0.29) is 0 Å². The third-order valence-corrected chi connectivity index (χ3v) is 3.49. The quantitative estimate of drug-likeness (QED) is 0.711. The maximum absolute atomic E-state index is 8.92. The highest BCUT2D eigenvalue weighted by Crippen LogP contribution is 2.25. The smallest absolute Gasteiger partial charge is 0.157 e. The first-order valence-corrected chi connectivity index (χ1v) is 6.37. The third kappa shape index (κ3) is 2.60. The highest BCUT2D eigenvalue weighted by atomic mass is 32.1. The number of aryl methyl sites for hydroxylation is 2. The van der Waals surface area contributed by atoms with Gasteiger partial charge in [-0.3, -0.25) is 5.10 Å². The zero-order chi connectivity index (χ0) is 13.0. The number of aromatic nitrogens is 3. The lowest BCUT2D eigenvalue weighted by molar-refractivity contribution is 0.859. The van der Waals surface area contributed by atoms with Crippen molar-refractivity contribution in [3.05, 3.63) is 23.0 Å². The van der Waals surface area contributed by atoms with E-state index >= 15 is 0 Å². The van der Waals surface area contributed by atoms with Crippen LogP contribution < -0.4 is 11.1 Å². The summed E-state index contributed by atoms with van der Waals surface area (Å²) < 4.78 is 3.95. The maximum atomic E-state index is 8.92. The van der Waals surface area contributed by atoms with Gasteiger partial charge in [-0.1, -0.05) is 0 Å². The van der Waals surface area contributed by atoms with E-state index in [2.05, 4.69) is 26.0 Å². The molecule has 2 heterocycles. The Hall–Kier alpha value is -2.07. The van der Waals surface area contributed by atoms with E-state index in [0.29, 0.717) is 11.4 Å². The van der Waals surface area contributed by atoms with Crippen LogP contribution in [0.25, 0.3) is 0 Å². The predicted octanol–water partition coefficient (Wildman–Crippen LogP) is 1.67. The van der Waals surface area contributed by atoms with Gasteiger partial charge < -0.3 is 11.1 Å². The van der Waals surface area contributed by atoms with Crippen molar-refractivity contribution in [3.8, 4) is 6.07 Å².